The van der Waals surface area contributed by atoms with Crippen LogP contribution in [-0.4, -0.2) is 6.86 Å². The molecule has 2 heteroatoms. The van der Waals surface area contributed by atoms with Crippen LogP contribution in [0.25, 0.3) is 10.8 Å². The quantitative estimate of drug-likeness (QED) is 0.704. The third-order valence-electron chi connectivity index (χ3n) is 2.19. The van der Waals surface area contributed by atoms with Gasteiger partial charge in [-0.05, 0) is 29.8 Å². The topological polar surface area (TPSA) is 9.23 Å². The zero-order chi connectivity index (χ0) is 9.97. The molecule has 0 radical (unpaired) electrons. The van der Waals surface area contributed by atoms with Crippen molar-refractivity contribution in [2.45, 2.75) is 6.92 Å². The van der Waals surface area contributed by atoms with Gasteiger partial charge in [0.25, 0.3) is 0 Å². The summed E-state index contributed by atoms with van der Waals surface area (Å²) in [5.74, 6) is 0.575. The van der Waals surface area contributed by atoms with E-state index < -0.39 is 6.86 Å². The van der Waals surface area contributed by atoms with Crippen LogP contribution in [0, 0.1) is 6.92 Å². The van der Waals surface area contributed by atoms with Gasteiger partial charge in [-0.15, -0.1) is 0 Å². The predicted octanol–water partition coefficient (Wildman–Crippen LogP) is 3.45. The fraction of sp³-hybridized carbons (Fsp3) is 0.167. The summed E-state index contributed by atoms with van der Waals surface area (Å²) < 4.78 is 16.7. The number of hydrogen-bond donors (Lipinski definition) is 0. The molecule has 0 spiro atoms. The molecule has 0 atom stereocenters. The van der Waals surface area contributed by atoms with E-state index in [0.29, 0.717) is 5.75 Å². The molecule has 14 heavy (non-hydrogen) atoms. The normalized spacial score (nSPS) is 10.4. The van der Waals surface area contributed by atoms with Gasteiger partial charge in [-0.25, -0.2) is 4.39 Å². The number of ether oxygens (including phenoxy) is 1. The molecule has 0 N–H and O–H groups in total. The third-order valence-corrected chi connectivity index (χ3v) is 2.19. The largest absolute Gasteiger partial charge is 0.463 e. The lowest BCUT2D eigenvalue weighted by atomic mass is 10.1. The van der Waals surface area contributed by atoms with Crippen molar-refractivity contribution >= 4 is 10.8 Å². The number of hydrogen-bond acceptors (Lipinski definition) is 1. The highest BCUT2D eigenvalue weighted by Gasteiger charge is 1.97. The highest BCUT2D eigenvalue weighted by molar-refractivity contribution is 5.84. The Morgan fingerprint density at radius 2 is 1.86 bits per heavy atom. The van der Waals surface area contributed by atoms with Crippen LogP contribution in [0.3, 0.4) is 0 Å². The molecule has 0 aliphatic rings. The second-order valence-electron chi connectivity index (χ2n) is 3.27. The van der Waals surface area contributed by atoms with Crippen molar-refractivity contribution in [2.24, 2.45) is 0 Å². The molecule has 0 saturated heterocycles. The molecule has 0 aliphatic carbocycles. The summed E-state index contributed by atoms with van der Waals surface area (Å²) in [4.78, 5) is 0. The zero-order valence-electron chi connectivity index (χ0n) is 7.96. The van der Waals surface area contributed by atoms with Crippen LogP contribution in [-0.2, 0) is 0 Å². The summed E-state index contributed by atoms with van der Waals surface area (Å²) in [5.41, 5.74) is 1.19. The smallest absolute Gasteiger partial charge is 0.228 e. The Labute approximate surface area is 82.1 Å². The van der Waals surface area contributed by atoms with Crippen LogP contribution in [0.2, 0.25) is 0 Å². The first-order valence-corrected chi connectivity index (χ1v) is 4.49. The summed E-state index contributed by atoms with van der Waals surface area (Å²) >= 11 is 0. The lowest BCUT2D eigenvalue weighted by molar-refractivity contribution is 0.192. The van der Waals surface area contributed by atoms with Gasteiger partial charge in [0.2, 0.25) is 6.86 Å². The first-order valence-electron chi connectivity index (χ1n) is 4.49. The second-order valence-corrected chi connectivity index (χ2v) is 3.27. The van der Waals surface area contributed by atoms with Crippen LogP contribution in [0.1, 0.15) is 5.56 Å². The van der Waals surface area contributed by atoms with Crippen LogP contribution >= 0.6 is 0 Å². The Bertz CT molecular complexity index is 451. The highest BCUT2D eigenvalue weighted by Crippen LogP contribution is 2.21. The monoisotopic (exact) mass is 190 g/mol. The SMILES string of the molecule is Cc1ccc2ccc(OCF)cc2c1. The number of rotatable bonds is 2. The van der Waals surface area contributed by atoms with E-state index in [1.54, 1.807) is 6.07 Å². The van der Waals surface area contributed by atoms with E-state index in [1.165, 1.54) is 5.56 Å². The van der Waals surface area contributed by atoms with E-state index in [-0.39, 0.29) is 0 Å². The maximum atomic E-state index is 11.9. The second kappa shape index (κ2) is 3.66. The van der Waals surface area contributed by atoms with Gasteiger partial charge >= 0.3 is 0 Å². The fourth-order valence-electron chi connectivity index (χ4n) is 1.50. The summed E-state index contributed by atoms with van der Waals surface area (Å²) in [5, 5.41) is 2.22. The molecule has 72 valence electrons. The van der Waals surface area contributed by atoms with Crippen molar-refractivity contribution in [1.29, 1.82) is 0 Å². The van der Waals surface area contributed by atoms with E-state index in [0.717, 1.165) is 10.8 Å². The van der Waals surface area contributed by atoms with Crippen molar-refractivity contribution in [3.8, 4) is 5.75 Å². The molecular weight excluding hydrogens is 179 g/mol. The molecule has 0 unspecified atom stereocenters. The summed E-state index contributed by atoms with van der Waals surface area (Å²) in [7, 11) is 0. The molecule has 0 aromatic heterocycles. The summed E-state index contributed by atoms with van der Waals surface area (Å²) in [6.45, 7) is 1.25. The Hall–Kier alpha value is -1.57. The van der Waals surface area contributed by atoms with Crippen molar-refractivity contribution in [1.82, 2.24) is 0 Å². The standard InChI is InChI=1S/C12H11FO/c1-9-2-3-10-4-5-12(14-8-13)7-11(10)6-9/h2-7H,8H2,1H3. The van der Waals surface area contributed by atoms with Gasteiger partial charge in [-0.2, -0.15) is 0 Å². The summed E-state index contributed by atoms with van der Waals surface area (Å²) in [6.07, 6.45) is 0. The van der Waals surface area contributed by atoms with E-state index in [2.05, 4.69) is 12.1 Å². The van der Waals surface area contributed by atoms with Gasteiger partial charge in [-0.1, -0.05) is 29.8 Å². The Morgan fingerprint density at radius 1 is 1.07 bits per heavy atom. The number of benzene rings is 2. The van der Waals surface area contributed by atoms with E-state index in [4.69, 9.17) is 4.74 Å². The Kier molecular flexibility index (Phi) is 2.35. The Morgan fingerprint density at radius 3 is 2.64 bits per heavy atom. The maximum Gasteiger partial charge on any atom is 0.228 e. The molecule has 2 rings (SSSR count). The number of halogens is 1. The molecular formula is C12H11FO. The molecule has 0 bridgehead atoms. The minimum Gasteiger partial charge on any atom is -0.463 e. The third kappa shape index (κ3) is 1.69. The van der Waals surface area contributed by atoms with Gasteiger partial charge in [0.1, 0.15) is 5.75 Å². The Balaban J connectivity index is 2.52. The molecule has 0 saturated carbocycles. The number of fused-ring (bicyclic) bond motifs is 1. The lowest BCUT2D eigenvalue weighted by Gasteiger charge is -2.03. The first-order chi connectivity index (χ1) is 6.79. The molecule has 2 aromatic carbocycles. The van der Waals surface area contributed by atoms with Gasteiger partial charge in [0.05, 0.1) is 0 Å². The minimum absolute atomic E-state index is 0.575. The molecule has 0 fully saturated rings. The van der Waals surface area contributed by atoms with Gasteiger partial charge < -0.3 is 4.74 Å². The highest BCUT2D eigenvalue weighted by atomic mass is 19.1. The van der Waals surface area contributed by atoms with Crippen molar-refractivity contribution < 1.29 is 9.13 Å². The molecule has 1 nitrogen and oxygen atoms in total. The van der Waals surface area contributed by atoms with Gasteiger partial charge in [0, 0.05) is 0 Å². The minimum atomic E-state index is -0.780. The van der Waals surface area contributed by atoms with Gasteiger partial charge in [0.15, 0.2) is 0 Å². The zero-order valence-corrected chi connectivity index (χ0v) is 7.96. The van der Waals surface area contributed by atoms with E-state index >= 15 is 0 Å². The number of alkyl halides is 1. The van der Waals surface area contributed by atoms with E-state index in [9.17, 15) is 4.39 Å². The average Bonchev–Trinajstić information content (AvgIpc) is 2.17. The van der Waals surface area contributed by atoms with Crippen LogP contribution in [0.15, 0.2) is 36.4 Å². The molecule has 0 amide bonds. The van der Waals surface area contributed by atoms with Crippen LogP contribution in [0.5, 0.6) is 5.75 Å². The van der Waals surface area contributed by atoms with E-state index in [1.807, 2.05) is 25.1 Å². The van der Waals surface area contributed by atoms with Crippen molar-refractivity contribution in [3.63, 3.8) is 0 Å². The molecule has 0 aliphatic heterocycles. The maximum absolute atomic E-state index is 11.9. The van der Waals surface area contributed by atoms with Crippen LogP contribution < -0.4 is 4.74 Å². The lowest BCUT2D eigenvalue weighted by Crippen LogP contribution is -1.89. The molecule has 0 heterocycles. The van der Waals surface area contributed by atoms with Gasteiger partial charge in [-0.3, -0.25) is 0 Å². The predicted molar refractivity (Wildman–Crippen MR) is 55.3 cm³/mol. The van der Waals surface area contributed by atoms with Crippen molar-refractivity contribution in [3.05, 3.63) is 42.0 Å². The van der Waals surface area contributed by atoms with Crippen molar-refractivity contribution in [2.75, 3.05) is 6.86 Å². The summed E-state index contributed by atoms with van der Waals surface area (Å²) in [6, 6.07) is 11.7. The fourth-order valence-corrected chi connectivity index (χ4v) is 1.50. The number of aryl methyl sites for hydroxylation is 1. The molecule has 2 aromatic rings. The average molecular weight is 190 g/mol. The van der Waals surface area contributed by atoms with Crippen LogP contribution in [0.4, 0.5) is 4.39 Å². The first kappa shape index (κ1) is 9.00.